The third-order valence-electron chi connectivity index (χ3n) is 2.80. The minimum absolute atomic E-state index is 0.141. The molecule has 2 aromatic heterocycles. The van der Waals surface area contributed by atoms with Gasteiger partial charge < -0.3 is 10.4 Å². The van der Waals surface area contributed by atoms with Gasteiger partial charge in [0.05, 0.1) is 6.10 Å². The first kappa shape index (κ1) is 12.9. The summed E-state index contributed by atoms with van der Waals surface area (Å²) in [4.78, 5) is 4.23. The van der Waals surface area contributed by atoms with Crippen LogP contribution >= 0.6 is 0 Å². The molecule has 0 saturated heterocycles. The van der Waals surface area contributed by atoms with Gasteiger partial charge in [0.25, 0.3) is 0 Å². The molecule has 0 aliphatic carbocycles. The van der Waals surface area contributed by atoms with E-state index >= 15 is 0 Å². The molecule has 18 heavy (non-hydrogen) atoms. The molecule has 0 aromatic carbocycles. The number of nitrogens with one attached hydrogen (secondary N) is 1. The summed E-state index contributed by atoms with van der Waals surface area (Å²) in [6.07, 6.45) is 4.11. The van der Waals surface area contributed by atoms with E-state index in [1.165, 1.54) is 0 Å². The van der Waals surface area contributed by atoms with Crippen LogP contribution in [0.5, 0.6) is 0 Å². The van der Waals surface area contributed by atoms with E-state index in [0.29, 0.717) is 6.54 Å². The Morgan fingerprint density at radius 2 is 2.17 bits per heavy atom. The summed E-state index contributed by atoms with van der Waals surface area (Å²) < 4.78 is 1.98. The Morgan fingerprint density at radius 1 is 1.39 bits per heavy atom. The van der Waals surface area contributed by atoms with Crippen molar-refractivity contribution >= 4 is 11.5 Å². The van der Waals surface area contributed by atoms with Gasteiger partial charge in [-0.05, 0) is 24.0 Å². The van der Waals surface area contributed by atoms with Gasteiger partial charge in [-0.2, -0.15) is 0 Å². The summed E-state index contributed by atoms with van der Waals surface area (Å²) in [5.41, 5.74) is 1.05. The van der Waals surface area contributed by atoms with Crippen LogP contribution in [0, 0.1) is 5.41 Å². The van der Waals surface area contributed by atoms with Crippen LogP contribution in [0.3, 0.4) is 0 Å². The highest BCUT2D eigenvalue weighted by atomic mass is 16.3. The summed E-state index contributed by atoms with van der Waals surface area (Å²) in [5, 5.41) is 13.3. The lowest BCUT2D eigenvalue weighted by Crippen LogP contribution is -2.25. The molecular weight excluding hydrogens is 226 g/mol. The van der Waals surface area contributed by atoms with Crippen molar-refractivity contribution in [2.24, 2.45) is 5.41 Å². The number of nitrogens with zero attached hydrogens (tertiary/aromatic N) is 2. The second kappa shape index (κ2) is 4.98. The van der Waals surface area contributed by atoms with E-state index in [1.807, 2.05) is 28.8 Å². The normalized spacial score (nSPS) is 13.8. The van der Waals surface area contributed by atoms with Crippen LogP contribution in [0.15, 0.2) is 30.6 Å². The smallest absolute Gasteiger partial charge is 0.138 e. The maximum atomic E-state index is 9.98. The Hall–Kier alpha value is -1.55. The number of imidazole rings is 1. The Morgan fingerprint density at radius 3 is 2.89 bits per heavy atom. The van der Waals surface area contributed by atoms with E-state index in [4.69, 9.17) is 0 Å². The Kier molecular flexibility index (Phi) is 3.57. The van der Waals surface area contributed by atoms with Gasteiger partial charge in [0.15, 0.2) is 0 Å². The van der Waals surface area contributed by atoms with E-state index in [0.717, 1.165) is 17.9 Å². The van der Waals surface area contributed by atoms with E-state index in [9.17, 15) is 5.11 Å². The predicted octanol–water partition coefficient (Wildman–Crippen LogP) is 2.54. The van der Waals surface area contributed by atoms with Crippen molar-refractivity contribution in [1.29, 1.82) is 0 Å². The van der Waals surface area contributed by atoms with Gasteiger partial charge in [0.2, 0.25) is 0 Å². The first-order valence-electron chi connectivity index (χ1n) is 6.30. The van der Waals surface area contributed by atoms with E-state index < -0.39 is 0 Å². The van der Waals surface area contributed by atoms with Crippen molar-refractivity contribution in [2.75, 3.05) is 11.9 Å². The second-order valence-corrected chi connectivity index (χ2v) is 5.87. The third kappa shape index (κ3) is 3.23. The molecule has 1 atom stereocenters. The SMILES string of the molecule is CC(C)(C)CC(O)CNc1cccc2nccn12. The minimum Gasteiger partial charge on any atom is -0.391 e. The van der Waals surface area contributed by atoms with Crippen LogP contribution in [-0.2, 0) is 0 Å². The van der Waals surface area contributed by atoms with E-state index in [-0.39, 0.29) is 11.5 Å². The topological polar surface area (TPSA) is 49.6 Å². The number of aliphatic hydroxyl groups is 1. The molecule has 2 rings (SSSR count). The van der Waals surface area contributed by atoms with Crippen LogP contribution < -0.4 is 5.32 Å². The zero-order chi connectivity index (χ0) is 13.2. The lowest BCUT2D eigenvalue weighted by atomic mass is 9.89. The Bertz CT molecular complexity index is 513. The maximum Gasteiger partial charge on any atom is 0.138 e. The van der Waals surface area contributed by atoms with Crippen molar-refractivity contribution in [3.8, 4) is 0 Å². The minimum atomic E-state index is -0.344. The number of aliphatic hydroxyl groups excluding tert-OH is 1. The fraction of sp³-hybridized carbons (Fsp3) is 0.500. The van der Waals surface area contributed by atoms with Crippen LogP contribution in [0.4, 0.5) is 5.82 Å². The number of anilines is 1. The molecular formula is C14H21N3O. The van der Waals surface area contributed by atoms with Crippen molar-refractivity contribution in [3.05, 3.63) is 30.6 Å². The van der Waals surface area contributed by atoms with Gasteiger partial charge in [-0.25, -0.2) is 4.98 Å². The average Bonchev–Trinajstić information content (AvgIpc) is 2.72. The molecule has 4 heteroatoms. The van der Waals surface area contributed by atoms with Gasteiger partial charge in [0.1, 0.15) is 11.5 Å². The highest BCUT2D eigenvalue weighted by Gasteiger charge is 2.16. The van der Waals surface area contributed by atoms with Crippen molar-refractivity contribution < 1.29 is 5.11 Å². The van der Waals surface area contributed by atoms with Gasteiger partial charge in [0, 0.05) is 18.9 Å². The molecule has 1 unspecified atom stereocenters. The molecule has 0 fully saturated rings. The molecule has 0 amide bonds. The molecule has 0 saturated carbocycles. The van der Waals surface area contributed by atoms with Crippen LogP contribution in [0.1, 0.15) is 27.2 Å². The summed E-state index contributed by atoms with van der Waals surface area (Å²) in [6, 6.07) is 5.90. The standard InChI is InChI=1S/C14H21N3O/c1-14(2,3)9-11(18)10-16-13-6-4-5-12-15-7-8-17(12)13/h4-8,11,16,18H,9-10H2,1-3H3. The molecule has 0 bridgehead atoms. The molecule has 0 aliphatic heterocycles. The largest absolute Gasteiger partial charge is 0.391 e. The van der Waals surface area contributed by atoms with E-state index in [2.05, 4.69) is 31.1 Å². The summed E-state index contributed by atoms with van der Waals surface area (Å²) in [5.74, 6) is 0.956. The molecule has 2 aromatic rings. The van der Waals surface area contributed by atoms with Crippen molar-refractivity contribution in [1.82, 2.24) is 9.38 Å². The second-order valence-electron chi connectivity index (χ2n) is 5.87. The van der Waals surface area contributed by atoms with Gasteiger partial charge in [-0.15, -0.1) is 0 Å². The summed E-state index contributed by atoms with van der Waals surface area (Å²) in [7, 11) is 0. The number of rotatable bonds is 4. The molecule has 0 aliphatic rings. The first-order valence-corrected chi connectivity index (χ1v) is 6.30. The fourth-order valence-electron chi connectivity index (χ4n) is 2.09. The van der Waals surface area contributed by atoms with Crippen molar-refractivity contribution in [2.45, 2.75) is 33.3 Å². The molecule has 0 radical (unpaired) electrons. The zero-order valence-electron chi connectivity index (χ0n) is 11.2. The number of aromatic nitrogens is 2. The quantitative estimate of drug-likeness (QED) is 0.873. The van der Waals surface area contributed by atoms with E-state index in [1.54, 1.807) is 6.20 Å². The first-order chi connectivity index (χ1) is 8.46. The predicted molar refractivity (Wildman–Crippen MR) is 73.8 cm³/mol. The number of hydrogen-bond acceptors (Lipinski definition) is 3. The van der Waals surface area contributed by atoms with Gasteiger partial charge in [-0.3, -0.25) is 4.40 Å². The lowest BCUT2D eigenvalue weighted by Gasteiger charge is -2.23. The highest BCUT2D eigenvalue weighted by Crippen LogP contribution is 2.21. The molecule has 2 heterocycles. The highest BCUT2D eigenvalue weighted by molar-refractivity contribution is 5.49. The molecule has 98 valence electrons. The monoisotopic (exact) mass is 247 g/mol. The molecule has 4 nitrogen and oxygen atoms in total. The van der Waals surface area contributed by atoms with Gasteiger partial charge >= 0.3 is 0 Å². The number of fused-ring (bicyclic) bond motifs is 1. The third-order valence-corrected chi connectivity index (χ3v) is 2.80. The average molecular weight is 247 g/mol. The van der Waals surface area contributed by atoms with Crippen LogP contribution in [0.25, 0.3) is 5.65 Å². The van der Waals surface area contributed by atoms with Gasteiger partial charge in [-0.1, -0.05) is 26.8 Å². The van der Waals surface area contributed by atoms with Crippen LogP contribution in [-0.4, -0.2) is 27.1 Å². The number of hydrogen-bond donors (Lipinski definition) is 2. The zero-order valence-corrected chi connectivity index (χ0v) is 11.2. The molecule has 0 spiro atoms. The lowest BCUT2D eigenvalue weighted by molar-refractivity contribution is 0.132. The number of pyridine rings is 1. The Labute approximate surface area is 108 Å². The van der Waals surface area contributed by atoms with Crippen LogP contribution in [0.2, 0.25) is 0 Å². The maximum absolute atomic E-state index is 9.98. The molecule has 2 N–H and O–H groups in total. The fourth-order valence-corrected chi connectivity index (χ4v) is 2.09. The van der Waals surface area contributed by atoms with Crippen molar-refractivity contribution in [3.63, 3.8) is 0 Å². The summed E-state index contributed by atoms with van der Waals surface area (Å²) in [6.45, 7) is 6.95. The summed E-state index contributed by atoms with van der Waals surface area (Å²) >= 11 is 0. The Balaban J connectivity index is 2.00.